The van der Waals surface area contributed by atoms with Gasteiger partial charge in [0.1, 0.15) is 5.54 Å². The van der Waals surface area contributed by atoms with Crippen molar-refractivity contribution in [3.8, 4) is 12.3 Å². The van der Waals surface area contributed by atoms with Crippen LogP contribution in [0.25, 0.3) is 0 Å². The minimum absolute atomic E-state index is 0.321. The van der Waals surface area contributed by atoms with Crippen LogP contribution in [0.1, 0.15) is 51.4 Å². The van der Waals surface area contributed by atoms with Gasteiger partial charge >= 0.3 is 0 Å². The fourth-order valence-corrected chi connectivity index (χ4v) is 5.64. The molecule has 2 aliphatic rings. The second-order valence-electron chi connectivity index (χ2n) is 7.36. The minimum atomic E-state index is -3.41. The Morgan fingerprint density at radius 1 is 1.04 bits per heavy atom. The highest BCUT2D eigenvalue weighted by Gasteiger charge is 2.30. The first kappa shape index (κ1) is 20.1. The van der Waals surface area contributed by atoms with Gasteiger partial charge < -0.3 is 10.6 Å². The van der Waals surface area contributed by atoms with Crippen LogP contribution in [0.2, 0.25) is 0 Å². The van der Waals surface area contributed by atoms with Crippen LogP contribution in [-0.2, 0) is 10.0 Å². The minimum Gasteiger partial charge on any atom is -0.346 e. The Labute approximate surface area is 168 Å². The molecular weight excluding hydrogens is 378 g/mol. The van der Waals surface area contributed by atoms with Crippen LogP contribution in [-0.4, -0.2) is 36.5 Å². The van der Waals surface area contributed by atoms with Crippen molar-refractivity contribution in [1.82, 2.24) is 9.62 Å². The van der Waals surface area contributed by atoms with E-state index in [0.29, 0.717) is 23.1 Å². The highest BCUT2D eigenvalue weighted by molar-refractivity contribution is 7.89. The number of rotatable bonds is 4. The first-order valence-electron chi connectivity index (χ1n) is 9.62. The van der Waals surface area contributed by atoms with E-state index in [1.165, 1.54) is 6.42 Å². The summed E-state index contributed by atoms with van der Waals surface area (Å²) in [4.78, 5) is 0.321. The molecule has 1 saturated carbocycles. The predicted octanol–water partition coefficient (Wildman–Crippen LogP) is 3.48. The Kier molecular flexibility index (Phi) is 6.40. The van der Waals surface area contributed by atoms with E-state index in [1.807, 2.05) is 0 Å². The number of benzene rings is 1. The van der Waals surface area contributed by atoms with E-state index in [1.54, 1.807) is 28.6 Å². The summed E-state index contributed by atoms with van der Waals surface area (Å²) in [6.45, 7) is 1.20. The molecule has 0 unspecified atom stereocenters. The second kappa shape index (κ2) is 8.59. The van der Waals surface area contributed by atoms with Gasteiger partial charge in [0.15, 0.2) is 5.11 Å². The zero-order valence-corrected chi connectivity index (χ0v) is 17.2. The molecule has 0 spiro atoms. The van der Waals surface area contributed by atoms with Gasteiger partial charge in [-0.2, -0.15) is 4.31 Å². The average molecular weight is 406 g/mol. The number of sulfonamides is 1. The molecule has 5 nitrogen and oxygen atoms in total. The normalized spacial score (nSPS) is 20.4. The van der Waals surface area contributed by atoms with Crippen LogP contribution in [0.15, 0.2) is 29.2 Å². The molecule has 0 radical (unpaired) electrons. The van der Waals surface area contributed by atoms with Crippen LogP contribution in [0.5, 0.6) is 0 Å². The number of piperidine rings is 1. The van der Waals surface area contributed by atoms with Gasteiger partial charge in [0.25, 0.3) is 0 Å². The van der Waals surface area contributed by atoms with E-state index in [0.717, 1.165) is 50.6 Å². The zero-order valence-electron chi connectivity index (χ0n) is 15.5. The fourth-order valence-electron chi connectivity index (χ4n) is 3.80. The van der Waals surface area contributed by atoms with Gasteiger partial charge in [-0.3, -0.25) is 0 Å². The lowest BCUT2D eigenvalue weighted by atomic mass is 9.82. The highest BCUT2D eigenvalue weighted by Crippen LogP contribution is 2.28. The van der Waals surface area contributed by atoms with Crippen LogP contribution in [0, 0.1) is 12.3 Å². The van der Waals surface area contributed by atoms with Crippen LogP contribution >= 0.6 is 12.2 Å². The van der Waals surface area contributed by atoms with E-state index < -0.39 is 10.0 Å². The van der Waals surface area contributed by atoms with Crippen molar-refractivity contribution in [2.45, 2.75) is 61.8 Å². The molecule has 0 amide bonds. The molecule has 1 heterocycles. The summed E-state index contributed by atoms with van der Waals surface area (Å²) in [6, 6.07) is 6.75. The maximum Gasteiger partial charge on any atom is 0.243 e. The first-order chi connectivity index (χ1) is 13.0. The Bertz CT molecular complexity index is 801. The van der Waals surface area contributed by atoms with Crippen molar-refractivity contribution in [3.05, 3.63) is 24.3 Å². The number of thiocarbonyl (C=S) groups is 1. The molecule has 0 aromatic heterocycles. The zero-order chi connectivity index (χ0) is 19.3. The van der Waals surface area contributed by atoms with E-state index in [2.05, 4.69) is 16.6 Å². The van der Waals surface area contributed by atoms with Gasteiger partial charge in [0.05, 0.1) is 4.90 Å². The number of anilines is 1. The molecular formula is C20H27N3O2S2. The average Bonchev–Trinajstić information content (AvgIpc) is 2.69. The summed E-state index contributed by atoms with van der Waals surface area (Å²) in [5.41, 5.74) is 0.368. The van der Waals surface area contributed by atoms with Gasteiger partial charge in [-0.05, 0) is 62.2 Å². The molecule has 0 bridgehead atoms. The van der Waals surface area contributed by atoms with Crippen molar-refractivity contribution in [3.63, 3.8) is 0 Å². The summed E-state index contributed by atoms with van der Waals surface area (Å²) in [6.07, 6.45) is 13.9. The molecule has 1 aromatic carbocycles. The molecule has 3 rings (SSSR count). The number of nitrogens with zero attached hydrogens (tertiary/aromatic N) is 1. The summed E-state index contributed by atoms with van der Waals surface area (Å²) in [5, 5.41) is 6.88. The molecule has 0 atom stereocenters. The summed E-state index contributed by atoms with van der Waals surface area (Å²) in [7, 11) is -3.41. The lowest BCUT2D eigenvalue weighted by molar-refractivity contribution is 0.341. The molecule has 1 aliphatic carbocycles. The van der Waals surface area contributed by atoms with E-state index in [4.69, 9.17) is 18.6 Å². The summed E-state index contributed by atoms with van der Waals surface area (Å²) in [5.74, 6) is 2.88. The van der Waals surface area contributed by atoms with Gasteiger partial charge in [-0.15, -0.1) is 6.42 Å². The molecule has 146 valence electrons. The number of hydrogen-bond donors (Lipinski definition) is 2. The SMILES string of the molecule is C#CC1(NC(=S)Nc2ccc(S(=O)(=O)N3CCCCC3)cc2)CCCCC1. The van der Waals surface area contributed by atoms with Crippen molar-refractivity contribution in [2.24, 2.45) is 0 Å². The van der Waals surface area contributed by atoms with E-state index in [9.17, 15) is 8.42 Å². The monoisotopic (exact) mass is 405 g/mol. The third-order valence-electron chi connectivity index (χ3n) is 5.40. The lowest BCUT2D eigenvalue weighted by Crippen LogP contribution is -2.50. The number of nitrogens with one attached hydrogen (secondary N) is 2. The van der Waals surface area contributed by atoms with Crippen molar-refractivity contribution in [2.75, 3.05) is 18.4 Å². The third-order valence-corrected chi connectivity index (χ3v) is 7.52. The van der Waals surface area contributed by atoms with Gasteiger partial charge in [0.2, 0.25) is 10.0 Å². The number of terminal acetylenes is 1. The highest BCUT2D eigenvalue weighted by atomic mass is 32.2. The summed E-state index contributed by atoms with van der Waals surface area (Å²) < 4.78 is 27.0. The molecule has 7 heteroatoms. The maximum absolute atomic E-state index is 12.7. The Morgan fingerprint density at radius 2 is 1.63 bits per heavy atom. The second-order valence-corrected chi connectivity index (χ2v) is 9.70. The molecule has 27 heavy (non-hydrogen) atoms. The largest absolute Gasteiger partial charge is 0.346 e. The Morgan fingerprint density at radius 3 is 2.22 bits per heavy atom. The van der Waals surface area contributed by atoms with Gasteiger partial charge in [-0.25, -0.2) is 8.42 Å². The molecule has 1 aromatic rings. The van der Waals surface area contributed by atoms with Crippen molar-refractivity contribution < 1.29 is 8.42 Å². The van der Waals surface area contributed by atoms with Crippen molar-refractivity contribution in [1.29, 1.82) is 0 Å². The van der Waals surface area contributed by atoms with Crippen LogP contribution < -0.4 is 10.6 Å². The molecule has 2 fully saturated rings. The quantitative estimate of drug-likeness (QED) is 0.593. The topological polar surface area (TPSA) is 61.4 Å². The van der Waals surface area contributed by atoms with Crippen LogP contribution in [0.3, 0.4) is 0 Å². The fraction of sp³-hybridized carbons (Fsp3) is 0.550. The van der Waals surface area contributed by atoms with E-state index >= 15 is 0 Å². The Balaban J connectivity index is 1.63. The Hall–Kier alpha value is -1.62. The lowest BCUT2D eigenvalue weighted by Gasteiger charge is -2.34. The summed E-state index contributed by atoms with van der Waals surface area (Å²) >= 11 is 5.42. The third kappa shape index (κ3) is 4.81. The van der Waals surface area contributed by atoms with Crippen molar-refractivity contribution >= 4 is 33.0 Å². The van der Waals surface area contributed by atoms with Crippen LogP contribution in [0.4, 0.5) is 5.69 Å². The first-order valence-corrected chi connectivity index (χ1v) is 11.5. The molecule has 1 aliphatic heterocycles. The van der Waals surface area contributed by atoms with E-state index in [-0.39, 0.29) is 5.54 Å². The smallest absolute Gasteiger partial charge is 0.243 e. The maximum atomic E-state index is 12.7. The van der Waals surface area contributed by atoms with Gasteiger partial charge in [0, 0.05) is 18.8 Å². The predicted molar refractivity (Wildman–Crippen MR) is 113 cm³/mol. The molecule has 1 saturated heterocycles. The standard InChI is InChI=1S/C20H27N3O2S2/c1-2-20(13-5-3-6-14-20)22-19(26)21-17-9-11-18(12-10-17)27(24,25)23-15-7-4-8-16-23/h1,9-12H,3-8,13-16H2,(H2,21,22,26). The number of hydrogen-bond acceptors (Lipinski definition) is 3. The van der Waals surface area contributed by atoms with Gasteiger partial charge in [-0.1, -0.05) is 31.6 Å². The molecule has 2 N–H and O–H groups in total.